The number of ether oxygens (including phenoxy) is 1. The Morgan fingerprint density at radius 2 is 1.89 bits per heavy atom. The molecule has 1 aromatic carbocycles. The fraction of sp³-hybridized carbons (Fsp3) is 0.476. The first kappa shape index (κ1) is 19.1. The van der Waals surface area contributed by atoms with Gasteiger partial charge in [-0.05, 0) is 38.0 Å². The molecular formula is C21H27N3O3. The van der Waals surface area contributed by atoms with Gasteiger partial charge in [-0.1, -0.05) is 12.8 Å². The number of methoxy groups -OCH3 is 1. The van der Waals surface area contributed by atoms with Crippen LogP contribution in [-0.4, -0.2) is 48.4 Å². The van der Waals surface area contributed by atoms with E-state index in [9.17, 15) is 9.59 Å². The molecule has 0 aliphatic carbocycles. The molecule has 1 N–H and O–H groups in total. The van der Waals surface area contributed by atoms with Gasteiger partial charge >= 0.3 is 0 Å². The van der Waals surface area contributed by atoms with E-state index in [4.69, 9.17) is 4.74 Å². The Hall–Kier alpha value is -2.63. The maximum Gasteiger partial charge on any atom is 0.253 e. The molecule has 0 unspecified atom stereocenters. The molecule has 0 atom stereocenters. The van der Waals surface area contributed by atoms with Crippen molar-refractivity contribution in [1.29, 1.82) is 0 Å². The van der Waals surface area contributed by atoms with E-state index < -0.39 is 0 Å². The molecule has 1 saturated heterocycles. The molecule has 6 heteroatoms. The smallest absolute Gasteiger partial charge is 0.253 e. The maximum atomic E-state index is 12.5. The predicted octanol–water partition coefficient (Wildman–Crippen LogP) is 3.07. The summed E-state index contributed by atoms with van der Waals surface area (Å²) in [4.78, 5) is 31.3. The molecule has 3 rings (SSSR count). The van der Waals surface area contributed by atoms with E-state index in [0.29, 0.717) is 24.2 Å². The van der Waals surface area contributed by atoms with Crippen LogP contribution in [0, 0.1) is 6.92 Å². The molecular weight excluding hydrogens is 342 g/mol. The number of nitrogens with one attached hydrogen (secondary N) is 1. The number of aryl methyl sites for hydroxylation is 1. The van der Waals surface area contributed by atoms with Crippen molar-refractivity contribution >= 4 is 22.7 Å². The van der Waals surface area contributed by atoms with Crippen molar-refractivity contribution in [1.82, 2.24) is 15.2 Å². The molecule has 1 aliphatic heterocycles. The fourth-order valence-electron chi connectivity index (χ4n) is 3.46. The zero-order valence-electron chi connectivity index (χ0n) is 16.1. The summed E-state index contributed by atoms with van der Waals surface area (Å²) >= 11 is 0. The van der Waals surface area contributed by atoms with Gasteiger partial charge in [0.15, 0.2) is 0 Å². The summed E-state index contributed by atoms with van der Waals surface area (Å²) in [6.07, 6.45) is 4.87. The van der Waals surface area contributed by atoms with Gasteiger partial charge in [-0.15, -0.1) is 0 Å². The summed E-state index contributed by atoms with van der Waals surface area (Å²) in [5, 5.41) is 3.74. The Bertz CT molecular complexity index is 827. The molecule has 0 saturated carbocycles. The van der Waals surface area contributed by atoms with Crippen LogP contribution in [0.15, 0.2) is 24.3 Å². The molecule has 0 spiro atoms. The second-order valence-corrected chi connectivity index (χ2v) is 6.98. The molecule has 6 nitrogen and oxygen atoms in total. The van der Waals surface area contributed by atoms with Gasteiger partial charge in [0.25, 0.3) is 5.91 Å². The monoisotopic (exact) mass is 369 g/mol. The summed E-state index contributed by atoms with van der Waals surface area (Å²) < 4.78 is 5.22. The van der Waals surface area contributed by atoms with Crippen LogP contribution >= 0.6 is 0 Å². The quantitative estimate of drug-likeness (QED) is 0.879. The zero-order chi connectivity index (χ0) is 19.2. The lowest BCUT2D eigenvalue weighted by atomic mass is 10.1. The van der Waals surface area contributed by atoms with Crippen LogP contribution < -0.4 is 10.1 Å². The van der Waals surface area contributed by atoms with Gasteiger partial charge in [0.1, 0.15) is 5.75 Å². The zero-order valence-corrected chi connectivity index (χ0v) is 16.1. The van der Waals surface area contributed by atoms with Crippen LogP contribution in [-0.2, 0) is 4.79 Å². The number of aromatic nitrogens is 1. The Morgan fingerprint density at radius 3 is 2.59 bits per heavy atom. The van der Waals surface area contributed by atoms with Gasteiger partial charge in [-0.2, -0.15) is 0 Å². The third kappa shape index (κ3) is 4.76. The molecule has 1 aliphatic rings. The number of carbonyl (C=O) groups excluding carboxylic acids is 2. The van der Waals surface area contributed by atoms with E-state index >= 15 is 0 Å². The van der Waals surface area contributed by atoms with E-state index in [0.717, 1.165) is 42.6 Å². The third-order valence-electron chi connectivity index (χ3n) is 5.04. The summed E-state index contributed by atoms with van der Waals surface area (Å²) in [5.41, 5.74) is 1.99. The number of pyridine rings is 1. The van der Waals surface area contributed by atoms with Gasteiger partial charge in [-0.25, -0.2) is 0 Å². The molecule has 1 aromatic heterocycles. The first-order valence-corrected chi connectivity index (χ1v) is 9.60. The van der Waals surface area contributed by atoms with Crippen molar-refractivity contribution in [3.63, 3.8) is 0 Å². The highest BCUT2D eigenvalue weighted by Crippen LogP contribution is 2.21. The molecule has 2 aromatic rings. The number of amides is 2. The first-order valence-electron chi connectivity index (χ1n) is 9.60. The van der Waals surface area contributed by atoms with Crippen molar-refractivity contribution < 1.29 is 14.3 Å². The lowest BCUT2D eigenvalue weighted by Gasteiger charge is -2.20. The average Bonchev–Trinajstić information content (AvgIpc) is 2.96. The standard InChI is InChI=1S/C21H27N3O3/c1-15-18(13-16-7-8-17(27-2)14-19(16)23-15)21(26)22-10-9-20(25)24-11-5-3-4-6-12-24/h7-8,13-14H,3-6,9-12H2,1-2H3,(H,22,26). The number of nitrogens with zero attached hydrogens (tertiary/aromatic N) is 2. The van der Waals surface area contributed by atoms with Gasteiger partial charge in [0.05, 0.1) is 23.9 Å². The summed E-state index contributed by atoms with van der Waals surface area (Å²) in [7, 11) is 1.61. The normalized spacial score (nSPS) is 14.7. The second kappa shape index (κ2) is 8.84. The summed E-state index contributed by atoms with van der Waals surface area (Å²) in [6.45, 7) is 3.83. The lowest BCUT2D eigenvalue weighted by Crippen LogP contribution is -2.35. The Balaban J connectivity index is 1.60. The topological polar surface area (TPSA) is 71.5 Å². The minimum absolute atomic E-state index is 0.123. The number of benzene rings is 1. The van der Waals surface area contributed by atoms with Crippen molar-refractivity contribution in [2.75, 3.05) is 26.7 Å². The summed E-state index contributed by atoms with van der Waals surface area (Å²) in [6, 6.07) is 7.42. The van der Waals surface area contributed by atoms with Gasteiger partial charge < -0.3 is 15.0 Å². The highest BCUT2D eigenvalue weighted by atomic mass is 16.5. The number of hydrogen-bond acceptors (Lipinski definition) is 4. The van der Waals surface area contributed by atoms with E-state index in [1.54, 1.807) is 7.11 Å². The van der Waals surface area contributed by atoms with Crippen LogP contribution in [0.2, 0.25) is 0 Å². The number of hydrogen-bond donors (Lipinski definition) is 1. The van der Waals surface area contributed by atoms with Crippen LogP contribution in [0.3, 0.4) is 0 Å². The van der Waals surface area contributed by atoms with Crippen molar-refractivity contribution in [3.05, 3.63) is 35.5 Å². The number of likely N-dealkylation sites (tertiary alicyclic amines) is 1. The van der Waals surface area contributed by atoms with E-state index in [1.165, 1.54) is 12.8 Å². The third-order valence-corrected chi connectivity index (χ3v) is 5.04. The minimum Gasteiger partial charge on any atom is -0.497 e. The Kier molecular flexibility index (Phi) is 6.27. The molecule has 27 heavy (non-hydrogen) atoms. The van der Waals surface area contributed by atoms with Crippen molar-refractivity contribution in [2.45, 2.75) is 39.0 Å². The fourth-order valence-corrected chi connectivity index (χ4v) is 3.46. The molecule has 1 fully saturated rings. The van der Waals surface area contributed by atoms with Gasteiger partial charge in [-0.3, -0.25) is 14.6 Å². The van der Waals surface area contributed by atoms with Crippen molar-refractivity contribution in [2.24, 2.45) is 0 Å². The minimum atomic E-state index is -0.193. The average molecular weight is 369 g/mol. The number of carbonyl (C=O) groups is 2. The maximum absolute atomic E-state index is 12.5. The lowest BCUT2D eigenvalue weighted by molar-refractivity contribution is -0.131. The highest BCUT2D eigenvalue weighted by molar-refractivity contribution is 5.99. The second-order valence-electron chi connectivity index (χ2n) is 6.98. The molecule has 0 radical (unpaired) electrons. The number of fused-ring (bicyclic) bond motifs is 1. The van der Waals surface area contributed by atoms with Crippen LogP contribution in [0.5, 0.6) is 5.75 Å². The van der Waals surface area contributed by atoms with E-state index in [-0.39, 0.29) is 11.8 Å². The number of rotatable bonds is 5. The Labute approximate surface area is 159 Å². The van der Waals surface area contributed by atoms with Crippen LogP contribution in [0.1, 0.15) is 48.2 Å². The van der Waals surface area contributed by atoms with Crippen molar-refractivity contribution in [3.8, 4) is 5.75 Å². The molecule has 2 heterocycles. The molecule has 0 bridgehead atoms. The van der Waals surface area contributed by atoms with Gasteiger partial charge in [0, 0.05) is 37.5 Å². The highest BCUT2D eigenvalue weighted by Gasteiger charge is 2.16. The predicted molar refractivity (Wildman–Crippen MR) is 105 cm³/mol. The molecule has 2 amide bonds. The van der Waals surface area contributed by atoms with Gasteiger partial charge in [0.2, 0.25) is 5.91 Å². The Morgan fingerprint density at radius 1 is 1.15 bits per heavy atom. The van der Waals surface area contributed by atoms with Crippen LogP contribution in [0.4, 0.5) is 0 Å². The first-order chi connectivity index (χ1) is 13.1. The van der Waals surface area contributed by atoms with E-state index in [2.05, 4.69) is 10.3 Å². The van der Waals surface area contributed by atoms with E-state index in [1.807, 2.05) is 36.1 Å². The SMILES string of the molecule is COc1ccc2cc(C(=O)NCCC(=O)N3CCCCCC3)c(C)nc2c1. The summed E-state index contributed by atoms with van der Waals surface area (Å²) in [5.74, 6) is 0.665. The molecule has 144 valence electrons. The van der Waals surface area contributed by atoms with Crippen LogP contribution in [0.25, 0.3) is 10.9 Å². The largest absolute Gasteiger partial charge is 0.497 e.